The van der Waals surface area contributed by atoms with Crippen LogP contribution in [0.5, 0.6) is 0 Å². The van der Waals surface area contributed by atoms with Gasteiger partial charge in [0.05, 0.1) is 33.5 Å². The first-order valence-corrected chi connectivity index (χ1v) is 10.4. The van der Waals surface area contributed by atoms with Crippen LogP contribution in [0.25, 0.3) is 5.69 Å². The van der Waals surface area contributed by atoms with Gasteiger partial charge in [0.25, 0.3) is 5.91 Å². The lowest BCUT2D eigenvalue weighted by molar-refractivity contribution is 0.102. The van der Waals surface area contributed by atoms with Crippen LogP contribution in [0.2, 0.25) is 5.02 Å². The minimum absolute atomic E-state index is 0.312. The number of hydrogen-bond acceptors (Lipinski definition) is 3. The second kappa shape index (κ2) is 6.94. The highest BCUT2D eigenvalue weighted by Gasteiger charge is 2.29. The minimum Gasteiger partial charge on any atom is -0.306 e. The molecule has 0 fully saturated rings. The van der Waals surface area contributed by atoms with Gasteiger partial charge in [0, 0.05) is 16.4 Å². The minimum atomic E-state index is -0.990. The molecule has 1 amide bonds. The lowest BCUT2D eigenvalue weighted by Gasteiger charge is -2.14. The average molecular weight is 400 g/mol. The Morgan fingerprint density at radius 2 is 1.93 bits per heavy atom. The van der Waals surface area contributed by atoms with E-state index in [0.717, 1.165) is 28.1 Å². The Kier molecular flexibility index (Phi) is 4.61. The maximum absolute atomic E-state index is 12.8. The summed E-state index contributed by atoms with van der Waals surface area (Å²) < 4.78 is 13.8. The van der Waals surface area contributed by atoms with E-state index in [-0.39, 0.29) is 5.91 Å². The summed E-state index contributed by atoms with van der Waals surface area (Å²) in [6.45, 7) is 4.06. The predicted octanol–water partition coefficient (Wildman–Crippen LogP) is 4.16. The zero-order valence-corrected chi connectivity index (χ0v) is 16.5. The van der Waals surface area contributed by atoms with Gasteiger partial charge in [-0.1, -0.05) is 35.9 Å². The van der Waals surface area contributed by atoms with Crippen LogP contribution in [-0.4, -0.2) is 19.9 Å². The van der Waals surface area contributed by atoms with Crippen LogP contribution >= 0.6 is 11.6 Å². The molecular formula is C20H18ClN3O2S. The van der Waals surface area contributed by atoms with Gasteiger partial charge in [-0.3, -0.25) is 9.00 Å². The third kappa shape index (κ3) is 3.19. The zero-order valence-electron chi connectivity index (χ0n) is 15.0. The van der Waals surface area contributed by atoms with Crippen molar-refractivity contribution in [1.29, 1.82) is 0 Å². The maximum Gasteiger partial charge on any atom is 0.258 e. The van der Waals surface area contributed by atoms with Crippen LogP contribution in [0.3, 0.4) is 0 Å². The van der Waals surface area contributed by atoms with Gasteiger partial charge in [-0.2, -0.15) is 5.10 Å². The number of aryl methyl sites for hydroxylation is 1. The van der Waals surface area contributed by atoms with Crippen molar-refractivity contribution >= 4 is 34.1 Å². The van der Waals surface area contributed by atoms with Crippen LogP contribution < -0.4 is 5.32 Å². The Labute approximate surface area is 164 Å². The lowest BCUT2D eigenvalue weighted by atomic mass is 10.1. The fourth-order valence-electron chi connectivity index (χ4n) is 3.22. The molecule has 0 saturated carbocycles. The van der Waals surface area contributed by atoms with Gasteiger partial charge in [-0.05, 0) is 43.2 Å². The highest BCUT2D eigenvalue weighted by molar-refractivity contribution is 7.83. The fourth-order valence-corrected chi connectivity index (χ4v) is 4.70. The average Bonchev–Trinajstić information content (AvgIpc) is 3.15. The first-order chi connectivity index (χ1) is 13.0. The number of aromatic nitrogens is 2. The normalized spacial score (nSPS) is 15.6. The van der Waals surface area contributed by atoms with E-state index >= 15 is 0 Å². The van der Waals surface area contributed by atoms with E-state index in [9.17, 15) is 9.00 Å². The molecular weight excluding hydrogens is 382 g/mol. The summed E-state index contributed by atoms with van der Waals surface area (Å²) in [7, 11) is -0.990. The predicted molar refractivity (Wildman–Crippen MR) is 108 cm³/mol. The summed E-state index contributed by atoms with van der Waals surface area (Å²) in [6.07, 6.45) is 0. The molecule has 1 aliphatic rings. The molecule has 1 aromatic heterocycles. The van der Waals surface area contributed by atoms with Crippen molar-refractivity contribution in [2.24, 2.45) is 0 Å². The van der Waals surface area contributed by atoms with E-state index in [1.165, 1.54) is 0 Å². The number of nitrogens with zero attached hydrogens (tertiary/aromatic N) is 2. The van der Waals surface area contributed by atoms with E-state index in [2.05, 4.69) is 10.4 Å². The Balaban J connectivity index is 1.82. The van der Waals surface area contributed by atoms with Crippen molar-refractivity contribution in [3.63, 3.8) is 0 Å². The number of amides is 1. The van der Waals surface area contributed by atoms with Gasteiger partial charge >= 0.3 is 0 Å². The Morgan fingerprint density at radius 3 is 2.70 bits per heavy atom. The third-order valence-corrected chi connectivity index (χ3v) is 6.36. The number of fused-ring (bicyclic) bond motifs is 1. The Bertz CT molecular complexity index is 1090. The molecule has 138 valence electrons. The molecule has 0 radical (unpaired) electrons. The molecule has 1 atom stereocenters. The smallest absolute Gasteiger partial charge is 0.258 e. The maximum atomic E-state index is 12.8. The van der Waals surface area contributed by atoms with E-state index in [1.807, 2.05) is 32.0 Å². The summed E-state index contributed by atoms with van der Waals surface area (Å²) in [5.74, 6) is 1.04. The third-order valence-electron chi connectivity index (χ3n) is 4.82. The van der Waals surface area contributed by atoms with Gasteiger partial charge in [0.15, 0.2) is 0 Å². The Hall–Kier alpha value is -2.44. The highest BCUT2D eigenvalue weighted by Crippen LogP contribution is 2.33. The van der Waals surface area contributed by atoms with Gasteiger partial charge < -0.3 is 5.32 Å². The standard InChI is InChI=1S/C20H18ClN3O2S/c1-12-6-5-9-18(13(12)2)24-19(15-10-27(26)11-17(15)23-24)22-20(25)14-7-3-4-8-16(14)21/h3-9H,10-11H2,1-2H3,(H,22,25)/t27-/m1/s1. The van der Waals surface area contributed by atoms with Gasteiger partial charge in [-0.15, -0.1) is 0 Å². The van der Waals surface area contributed by atoms with Crippen LogP contribution in [0.15, 0.2) is 42.5 Å². The molecule has 1 aliphatic heterocycles. The summed E-state index contributed by atoms with van der Waals surface area (Å²) in [5, 5.41) is 8.00. The molecule has 27 heavy (non-hydrogen) atoms. The largest absolute Gasteiger partial charge is 0.306 e. The zero-order chi connectivity index (χ0) is 19.1. The summed E-state index contributed by atoms with van der Waals surface area (Å²) in [5.41, 5.74) is 5.09. The van der Waals surface area contributed by atoms with Crippen molar-refractivity contribution in [3.05, 3.63) is 75.4 Å². The van der Waals surface area contributed by atoms with Crippen LogP contribution in [0, 0.1) is 13.8 Å². The number of hydrogen-bond donors (Lipinski definition) is 1. The van der Waals surface area contributed by atoms with Gasteiger partial charge in [0.2, 0.25) is 0 Å². The molecule has 0 bridgehead atoms. The van der Waals surface area contributed by atoms with E-state index < -0.39 is 10.8 Å². The molecule has 1 N–H and O–H groups in total. The van der Waals surface area contributed by atoms with Crippen molar-refractivity contribution in [1.82, 2.24) is 9.78 Å². The fraction of sp³-hybridized carbons (Fsp3) is 0.200. The molecule has 7 heteroatoms. The quantitative estimate of drug-likeness (QED) is 0.719. The Morgan fingerprint density at radius 1 is 1.15 bits per heavy atom. The van der Waals surface area contributed by atoms with E-state index in [1.54, 1.807) is 28.9 Å². The molecule has 3 aromatic rings. The number of anilines is 1. The van der Waals surface area contributed by atoms with Crippen LogP contribution in [-0.2, 0) is 22.3 Å². The number of nitrogens with one attached hydrogen (secondary N) is 1. The van der Waals surface area contributed by atoms with Gasteiger partial charge in [0.1, 0.15) is 5.82 Å². The molecule has 0 spiro atoms. The first-order valence-electron chi connectivity index (χ1n) is 8.54. The molecule has 5 nitrogen and oxygen atoms in total. The SMILES string of the molecule is Cc1cccc(-n2nc3c(c2NC(=O)c2ccccc2Cl)C[S@@](=O)C3)c1C. The lowest BCUT2D eigenvalue weighted by Crippen LogP contribution is -2.17. The second-order valence-corrected chi connectivity index (χ2v) is 8.43. The van der Waals surface area contributed by atoms with Crippen molar-refractivity contribution < 1.29 is 9.00 Å². The highest BCUT2D eigenvalue weighted by atomic mass is 35.5. The molecule has 0 aliphatic carbocycles. The number of benzene rings is 2. The molecule has 0 unspecified atom stereocenters. The number of rotatable bonds is 3. The van der Waals surface area contributed by atoms with Crippen molar-refractivity contribution in [2.75, 3.05) is 5.32 Å². The summed E-state index contributed by atoms with van der Waals surface area (Å²) in [4.78, 5) is 12.8. The summed E-state index contributed by atoms with van der Waals surface area (Å²) in [6, 6.07) is 12.9. The molecule has 4 rings (SSSR count). The summed E-state index contributed by atoms with van der Waals surface area (Å²) >= 11 is 6.17. The number of carbonyl (C=O) groups is 1. The first kappa shape index (κ1) is 17.9. The van der Waals surface area contributed by atoms with Crippen LogP contribution in [0.4, 0.5) is 5.82 Å². The van der Waals surface area contributed by atoms with E-state index in [0.29, 0.717) is 27.9 Å². The van der Waals surface area contributed by atoms with E-state index in [4.69, 9.17) is 11.6 Å². The van der Waals surface area contributed by atoms with Gasteiger partial charge in [-0.25, -0.2) is 4.68 Å². The molecule has 2 heterocycles. The number of carbonyl (C=O) groups excluding carboxylic acids is 1. The van der Waals surface area contributed by atoms with Crippen LogP contribution in [0.1, 0.15) is 32.7 Å². The topological polar surface area (TPSA) is 64.0 Å². The van der Waals surface area contributed by atoms with Crippen molar-refractivity contribution in [3.8, 4) is 5.69 Å². The molecule has 2 aromatic carbocycles. The van der Waals surface area contributed by atoms with Crippen molar-refractivity contribution in [2.45, 2.75) is 25.4 Å². The monoisotopic (exact) mass is 399 g/mol. The number of halogens is 1. The molecule has 0 saturated heterocycles. The second-order valence-electron chi connectivity index (χ2n) is 6.57.